The van der Waals surface area contributed by atoms with E-state index in [0.29, 0.717) is 18.3 Å². The van der Waals surface area contributed by atoms with Gasteiger partial charge in [-0.2, -0.15) is 0 Å². The molecule has 0 aliphatic heterocycles. The molecule has 1 aromatic carbocycles. The van der Waals surface area contributed by atoms with Crippen molar-refractivity contribution in [2.45, 2.75) is 58.2 Å². The highest BCUT2D eigenvalue weighted by molar-refractivity contribution is 6.44. The number of aryl methyl sites for hydroxylation is 1. The first-order chi connectivity index (χ1) is 10.8. The maximum atomic E-state index is 6.01. The lowest BCUT2D eigenvalue weighted by Crippen LogP contribution is -2.06. The Balaban J connectivity index is 2.52. The number of rotatable bonds is 10. The topological polar surface area (TPSA) is 18.5 Å². The molecule has 0 aliphatic rings. The predicted octanol–water partition coefficient (Wildman–Crippen LogP) is 6.71. The fraction of sp³-hybridized carbons (Fsp3) is 0.684. The van der Waals surface area contributed by atoms with Gasteiger partial charge in [-0.3, -0.25) is 0 Å². The number of benzene rings is 1. The molecule has 0 saturated heterocycles. The highest BCUT2D eigenvalue weighted by Gasteiger charge is 2.15. The van der Waals surface area contributed by atoms with Crippen LogP contribution in [0, 0.1) is 18.8 Å². The fourth-order valence-electron chi connectivity index (χ4n) is 2.57. The fourth-order valence-corrected chi connectivity index (χ4v) is 2.91. The van der Waals surface area contributed by atoms with E-state index in [0.717, 1.165) is 29.2 Å². The van der Waals surface area contributed by atoms with E-state index in [4.69, 9.17) is 32.7 Å². The van der Waals surface area contributed by atoms with Crippen molar-refractivity contribution in [3.8, 4) is 11.5 Å². The smallest absolute Gasteiger partial charge is 0.136 e. The Bertz CT molecular complexity index is 473. The second-order valence-electron chi connectivity index (χ2n) is 6.73. The van der Waals surface area contributed by atoms with Crippen LogP contribution in [-0.4, -0.2) is 13.7 Å². The minimum atomic E-state index is -0.622. The van der Waals surface area contributed by atoms with Gasteiger partial charge >= 0.3 is 0 Å². The van der Waals surface area contributed by atoms with E-state index in [1.54, 1.807) is 7.11 Å². The summed E-state index contributed by atoms with van der Waals surface area (Å²) in [6.07, 6.45) is 4.92. The third kappa shape index (κ3) is 7.22. The van der Waals surface area contributed by atoms with Crippen LogP contribution >= 0.6 is 23.2 Å². The van der Waals surface area contributed by atoms with Gasteiger partial charge in [-0.15, -0.1) is 0 Å². The van der Waals surface area contributed by atoms with Crippen LogP contribution in [0.3, 0.4) is 0 Å². The molecular formula is C19H30Cl2O2. The summed E-state index contributed by atoms with van der Waals surface area (Å²) in [5.74, 6) is 3.01. The van der Waals surface area contributed by atoms with E-state index < -0.39 is 4.84 Å². The molecule has 0 saturated carbocycles. The van der Waals surface area contributed by atoms with E-state index >= 15 is 0 Å². The van der Waals surface area contributed by atoms with Gasteiger partial charge < -0.3 is 9.47 Å². The molecule has 1 rings (SSSR count). The van der Waals surface area contributed by atoms with Crippen molar-refractivity contribution >= 4 is 23.2 Å². The van der Waals surface area contributed by atoms with Crippen molar-refractivity contribution in [1.29, 1.82) is 0 Å². The number of methoxy groups -OCH3 is 1. The third-order valence-corrected chi connectivity index (χ3v) is 4.58. The molecule has 0 heterocycles. The van der Waals surface area contributed by atoms with Crippen LogP contribution in [0.2, 0.25) is 0 Å². The van der Waals surface area contributed by atoms with Crippen LogP contribution in [0.25, 0.3) is 0 Å². The van der Waals surface area contributed by atoms with Gasteiger partial charge in [0.1, 0.15) is 16.3 Å². The molecule has 0 radical (unpaired) electrons. The van der Waals surface area contributed by atoms with Gasteiger partial charge in [-0.25, -0.2) is 0 Å². The highest BCUT2D eigenvalue weighted by atomic mass is 35.5. The van der Waals surface area contributed by atoms with Gasteiger partial charge in [0.2, 0.25) is 0 Å². The number of hydrogen-bond donors (Lipinski definition) is 0. The summed E-state index contributed by atoms with van der Waals surface area (Å²) in [6.45, 7) is 9.57. The molecule has 0 amide bonds. The van der Waals surface area contributed by atoms with Crippen LogP contribution in [0.15, 0.2) is 12.1 Å². The van der Waals surface area contributed by atoms with Crippen molar-refractivity contribution in [2.24, 2.45) is 11.8 Å². The molecule has 2 nitrogen and oxygen atoms in total. The second kappa shape index (κ2) is 10.3. The molecule has 1 aromatic rings. The summed E-state index contributed by atoms with van der Waals surface area (Å²) in [7, 11) is 1.62. The van der Waals surface area contributed by atoms with Crippen molar-refractivity contribution in [1.82, 2.24) is 0 Å². The third-order valence-electron chi connectivity index (χ3n) is 4.11. The van der Waals surface area contributed by atoms with E-state index in [1.807, 2.05) is 19.1 Å². The molecule has 1 atom stereocenters. The van der Waals surface area contributed by atoms with Crippen LogP contribution in [-0.2, 0) is 0 Å². The molecule has 0 fully saturated rings. The van der Waals surface area contributed by atoms with E-state index in [2.05, 4.69) is 20.8 Å². The first-order valence-electron chi connectivity index (χ1n) is 8.44. The van der Waals surface area contributed by atoms with Crippen LogP contribution in [0.5, 0.6) is 11.5 Å². The Morgan fingerprint density at radius 1 is 1.00 bits per heavy atom. The summed E-state index contributed by atoms with van der Waals surface area (Å²) < 4.78 is 11.3. The van der Waals surface area contributed by atoms with Crippen LogP contribution in [0.4, 0.5) is 0 Å². The lowest BCUT2D eigenvalue weighted by molar-refractivity contribution is 0.273. The molecule has 0 spiro atoms. The zero-order valence-electron chi connectivity index (χ0n) is 15.0. The number of hydrogen-bond acceptors (Lipinski definition) is 2. The first kappa shape index (κ1) is 20.4. The Hall–Kier alpha value is -0.600. The summed E-state index contributed by atoms with van der Waals surface area (Å²) >= 11 is 12.0. The minimum absolute atomic E-state index is 0.622. The van der Waals surface area contributed by atoms with Gasteiger partial charge in [-0.1, -0.05) is 63.2 Å². The van der Waals surface area contributed by atoms with Crippen LogP contribution in [0.1, 0.15) is 62.4 Å². The highest BCUT2D eigenvalue weighted by Crippen LogP contribution is 2.37. The molecule has 132 valence electrons. The Kier molecular flexibility index (Phi) is 9.16. The Morgan fingerprint density at radius 2 is 1.70 bits per heavy atom. The van der Waals surface area contributed by atoms with Crippen LogP contribution < -0.4 is 9.47 Å². The van der Waals surface area contributed by atoms with Gasteiger partial charge in [0.25, 0.3) is 0 Å². The molecule has 4 heteroatoms. The number of alkyl halides is 2. The lowest BCUT2D eigenvalue weighted by Gasteiger charge is -2.17. The maximum absolute atomic E-state index is 6.01. The Morgan fingerprint density at radius 3 is 2.26 bits per heavy atom. The predicted molar refractivity (Wildman–Crippen MR) is 100 cm³/mol. The normalized spacial score (nSPS) is 12.7. The van der Waals surface area contributed by atoms with Crippen molar-refractivity contribution < 1.29 is 9.47 Å². The van der Waals surface area contributed by atoms with E-state index in [1.165, 1.54) is 19.3 Å². The average Bonchev–Trinajstić information content (AvgIpc) is 2.47. The molecule has 23 heavy (non-hydrogen) atoms. The van der Waals surface area contributed by atoms with Gasteiger partial charge in [-0.05, 0) is 42.9 Å². The maximum Gasteiger partial charge on any atom is 0.136 e. The largest absolute Gasteiger partial charge is 0.496 e. The molecule has 0 aromatic heterocycles. The standard InChI is InChI=1S/C19H30Cl2O2/c1-13(2)7-6-8-14(3)9-10-23-17-12-16(19(20)21)18(22-5)11-15(17)4/h11-14,19H,6-10H2,1-5H3. The van der Waals surface area contributed by atoms with Gasteiger partial charge in [0, 0.05) is 5.56 Å². The molecule has 0 aliphatic carbocycles. The molecule has 0 N–H and O–H groups in total. The van der Waals surface area contributed by atoms with Crippen molar-refractivity contribution in [2.75, 3.05) is 13.7 Å². The summed E-state index contributed by atoms with van der Waals surface area (Å²) in [4.78, 5) is -0.622. The van der Waals surface area contributed by atoms with Crippen molar-refractivity contribution in [3.05, 3.63) is 23.3 Å². The summed E-state index contributed by atoms with van der Waals surface area (Å²) in [5.41, 5.74) is 1.79. The minimum Gasteiger partial charge on any atom is -0.496 e. The number of ether oxygens (including phenoxy) is 2. The Labute approximate surface area is 151 Å². The summed E-state index contributed by atoms with van der Waals surface area (Å²) in [6, 6.07) is 3.82. The zero-order valence-corrected chi connectivity index (χ0v) is 16.5. The first-order valence-corrected chi connectivity index (χ1v) is 9.31. The van der Waals surface area contributed by atoms with E-state index in [-0.39, 0.29) is 0 Å². The van der Waals surface area contributed by atoms with Gasteiger partial charge in [0.05, 0.1) is 13.7 Å². The SMILES string of the molecule is COc1cc(C)c(OCCC(C)CCCC(C)C)cc1C(Cl)Cl. The zero-order chi connectivity index (χ0) is 17.4. The summed E-state index contributed by atoms with van der Waals surface area (Å²) in [5, 5.41) is 0. The van der Waals surface area contributed by atoms with Crippen molar-refractivity contribution in [3.63, 3.8) is 0 Å². The average molecular weight is 361 g/mol. The van der Waals surface area contributed by atoms with Gasteiger partial charge in [0.15, 0.2) is 0 Å². The monoisotopic (exact) mass is 360 g/mol. The molecule has 1 unspecified atom stereocenters. The molecular weight excluding hydrogens is 331 g/mol. The quantitative estimate of drug-likeness (QED) is 0.431. The molecule has 0 bridgehead atoms. The van der Waals surface area contributed by atoms with E-state index in [9.17, 15) is 0 Å². The number of halogens is 2. The second-order valence-corrected chi connectivity index (χ2v) is 7.82. The lowest BCUT2D eigenvalue weighted by atomic mass is 9.98.